The minimum Gasteiger partial charge on any atom is -0.506 e. The van der Waals surface area contributed by atoms with Crippen LogP contribution < -0.4 is 11.5 Å². The maximum absolute atomic E-state index is 12.5. The number of aromatic hydroxyl groups is 2. The van der Waals surface area contributed by atoms with Gasteiger partial charge in [-0.15, -0.1) is 0 Å². The van der Waals surface area contributed by atoms with E-state index in [1.165, 1.54) is 0 Å². The van der Waals surface area contributed by atoms with E-state index in [1.807, 2.05) is 24.3 Å². The maximum Gasteiger partial charge on any atom is 0.309 e. The summed E-state index contributed by atoms with van der Waals surface area (Å²) in [5.41, 5.74) is 13.3. The second-order valence-electron chi connectivity index (χ2n) is 9.70. The second-order valence-corrected chi connectivity index (χ2v) is 9.70. The molecule has 4 fully saturated rings. The predicted molar refractivity (Wildman–Crippen MR) is 110 cm³/mol. The number of aliphatic carboxylic acids is 1. The Hall–Kier alpha value is -2.89. The molecule has 2 unspecified atom stereocenters. The molecule has 0 amide bonds. The molecule has 0 radical (unpaired) electrons. The van der Waals surface area contributed by atoms with Crippen LogP contribution in [0.2, 0.25) is 0 Å². The quantitative estimate of drug-likeness (QED) is 0.400. The molecule has 0 heterocycles. The summed E-state index contributed by atoms with van der Waals surface area (Å²) in [6, 6.07) is 10.7. The Kier molecular flexibility index (Phi) is 3.50. The van der Waals surface area contributed by atoms with E-state index in [2.05, 4.69) is 0 Å². The van der Waals surface area contributed by atoms with E-state index >= 15 is 0 Å². The second kappa shape index (κ2) is 5.59. The zero-order valence-electron chi connectivity index (χ0n) is 16.2. The van der Waals surface area contributed by atoms with Crippen molar-refractivity contribution in [2.75, 3.05) is 11.5 Å². The number of carboxylic acid groups (broad SMARTS) is 1. The van der Waals surface area contributed by atoms with Gasteiger partial charge >= 0.3 is 5.97 Å². The highest BCUT2D eigenvalue weighted by atomic mass is 16.4. The fraction of sp³-hybridized carbons (Fsp3) is 0.435. The average Bonchev–Trinajstić information content (AvgIpc) is 2.65. The molecule has 29 heavy (non-hydrogen) atoms. The first-order valence-corrected chi connectivity index (χ1v) is 10.1. The highest BCUT2D eigenvalue weighted by molar-refractivity contribution is 5.77. The van der Waals surface area contributed by atoms with E-state index in [0.717, 1.165) is 30.4 Å². The van der Waals surface area contributed by atoms with Gasteiger partial charge in [-0.05, 0) is 90.7 Å². The highest BCUT2D eigenvalue weighted by Gasteiger charge is 2.66. The van der Waals surface area contributed by atoms with Crippen LogP contribution >= 0.6 is 0 Å². The van der Waals surface area contributed by atoms with Crippen molar-refractivity contribution in [1.29, 1.82) is 0 Å². The van der Waals surface area contributed by atoms with Crippen molar-refractivity contribution in [3.63, 3.8) is 0 Å². The number of nitrogens with two attached hydrogens (primary N) is 2. The van der Waals surface area contributed by atoms with E-state index < -0.39 is 11.4 Å². The number of rotatable bonds is 3. The van der Waals surface area contributed by atoms with Crippen molar-refractivity contribution in [3.8, 4) is 11.5 Å². The third-order valence-corrected chi connectivity index (χ3v) is 7.80. The van der Waals surface area contributed by atoms with Gasteiger partial charge in [0.15, 0.2) is 0 Å². The van der Waals surface area contributed by atoms with Crippen molar-refractivity contribution in [2.45, 2.75) is 49.4 Å². The summed E-state index contributed by atoms with van der Waals surface area (Å²) in [5.74, 6) is -0.332. The van der Waals surface area contributed by atoms with Crippen LogP contribution in [0.25, 0.3) is 0 Å². The molecule has 0 spiro atoms. The number of hydrogen-bond donors (Lipinski definition) is 5. The number of phenols is 2. The van der Waals surface area contributed by atoms with Gasteiger partial charge in [0.2, 0.25) is 0 Å². The van der Waals surface area contributed by atoms with E-state index in [1.54, 1.807) is 12.1 Å². The minimum absolute atomic E-state index is 0.0486. The van der Waals surface area contributed by atoms with Crippen LogP contribution in [0.3, 0.4) is 0 Å². The molecule has 4 bridgehead atoms. The van der Waals surface area contributed by atoms with Crippen LogP contribution in [0.15, 0.2) is 36.4 Å². The van der Waals surface area contributed by atoms with Gasteiger partial charge in [0.1, 0.15) is 11.5 Å². The molecule has 4 aliphatic carbocycles. The zero-order chi connectivity index (χ0) is 20.6. The van der Waals surface area contributed by atoms with Gasteiger partial charge < -0.3 is 26.8 Å². The monoisotopic (exact) mass is 394 g/mol. The number of anilines is 2. The first-order valence-electron chi connectivity index (χ1n) is 10.1. The van der Waals surface area contributed by atoms with E-state index in [4.69, 9.17) is 11.5 Å². The van der Waals surface area contributed by atoms with Crippen molar-refractivity contribution < 1.29 is 20.1 Å². The molecular formula is C23H26N2O4. The lowest BCUT2D eigenvalue weighted by Gasteiger charge is -2.65. The third kappa shape index (κ3) is 2.44. The molecule has 0 aromatic heterocycles. The first-order chi connectivity index (χ1) is 13.7. The summed E-state index contributed by atoms with van der Waals surface area (Å²) in [6.07, 6.45) is 4.56. The van der Waals surface area contributed by atoms with Gasteiger partial charge in [0.25, 0.3) is 0 Å². The Morgan fingerprint density at radius 1 is 0.828 bits per heavy atom. The lowest BCUT2D eigenvalue weighted by molar-refractivity contribution is -0.170. The topological polar surface area (TPSA) is 130 Å². The van der Waals surface area contributed by atoms with Gasteiger partial charge in [-0.2, -0.15) is 0 Å². The van der Waals surface area contributed by atoms with Gasteiger partial charge in [-0.25, -0.2) is 0 Å². The van der Waals surface area contributed by atoms with Gasteiger partial charge in [0.05, 0.1) is 16.8 Å². The maximum atomic E-state index is 12.5. The molecule has 2 atom stereocenters. The number of carbonyl (C=O) groups is 1. The molecule has 6 rings (SSSR count). The van der Waals surface area contributed by atoms with Crippen molar-refractivity contribution in [2.24, 2.45) is 11.3 Å². The molecule has 4 saturated carbocycles. The average molecular weight is 394 g/mol. The van der Waals surface area contributed by atoms with Crippen LogP contribution in [-0.2, 0) is 15.6 Å². The van der Waals surface area contributed by atoms with Gasteiger partial charge in [0, 0.05) is 0 Å². The van der Waals surface area contributed by atoms with E-state index in [0.29, 0.717) is 36.6 Å². The lowest BCUT2D eigenvalue weighted by Crippen LogP contribution is -2.62. The van der Waals surface area contributed by atoms with Gasteiger partial charge in [-0.1, -0.05) is 12.1 Å². The number of nitrogen functional groups attached to an aromatic ring is 2. The molecule has 2 aromatic rings. The van der Waals surface area contributed by atoms with Gasteiger partial charge in [-0.3, -0.25) is 4.79 Å². The lowest BCUT2D eigenvalue weighted by atomic mass is 9.37. The molecule has 7 N–H and O–H groups in total. The number of hydrogen-bond acceptors (Lipinski definition) is 5. The first kappa shape index (κ1) is 18.2. The molecule has 0 saturated heterocycles. The van der Waals surface area contributed by atoms with Crippen LogP contribution in [-0.4, -0.2) is 21.3 Å². The van der Waals surface area contributed by atoms with Crippen molar-refractivity contribution in [3.05, 3.63) is 47.5 Å². The number of carboxylic acids is 1. The largest absolute Gasteiger partial charge is 0.506 e. The Balaban J connectivity index is 1.69. The zero-order valence-corrected chi connectivity index (χ0v) is 16.2. The summed E-state index contributed by atoms with van der Waals surface area (Å²) in [4.78, 5) is 12.5. The SMILES string of the molecule is Nc1cc(C23CC4CC(C(=O)O)(C2)CC(c2ccc(O)c(N)c2)(C4)C3)ccc1O. The van der Waals surface area contributed by atoms with Crippen molar-refractivity contribution >= 4 is 17.3 Å². The van der Waals surface area contributed by atoms with Crippen LogP contribution in [0, 0.1) is 11.3 Å². The predicted octanol–water partition coefficient (Wildman–Crippen LogP) is 3.51. The summed E-state index contributed by atoms with van der Waals surface area (Å²) < 4.78 is 0. The molecule has 152 valence electrons. The standard InChI is InChI=1S/C23H26N2O4/c24-16-5-14(1-3-18(16)26)21-7-13-8-22(10-21,12-23(9-13,11-21)20(28)29)15-2-4-19(27)17(25)6-15/h1-6,13,26-27H,7-12,24-25H2,(H,28,29). The van der Waals surface area contributed by atoms with Crippen LogP contribution in [0.4, 0.5) is 11.4 Å². The summed E-state index contributed by atoms with van der Waals surface area (Å²) in [5, 5.41) is 30.1. The summed E-state index contributed by atoms with van der Waals surface area (Å²) in [7, 11) is 0. The molecule has 6 heteroatoms. The van der Waals surface area contributed by atoms with Crippen LogP contribution in [0.1, 0.15) is 49.7 Å². The molecule has 6 nitrogen and oxygen atoms in total. The molecule has 2 aromatic carbocycles. The smallest absolute Gasteiger partial charge is 0.309 e. The van der Waals surface area contributed by atoms with E-state index in [9.17, 15) is 20.1 Å². The highest BCUT2D eigenvalue weighted by Crippen LogP contribution is 2.70. The summed E-state index contributed by atoms with van der Waals surface area (Å²) in [6.45, 7) is 0. The fourth-order valence-electron chi connectivity index (χ4n) is 7.09. The van der Waals surface area contributed by atoms with E-state index in [-0.39, 0.29) is 22.3 Å². The van der Waals surface area contributed by atoms with Crippen molar-refractivity contribution in [1.82, 2.24) is 0 Å². The number of phenolic OH excluding ortho intramolecular Hbond substituents is 2. The molecule has 0 aliphatic heterocycles. The number of benzene rings is 2. The van der Waals surface area contributed by atoms with Crippen LogP contribution in [0.5, 0.6) is 11.5 Å². The Morgan fingerprint density at radius 2 is 1.31 bits per heavy atom. The fourth-order valence-corrected chi connectivity index (χ4v) is 7.09. The summed E-state index contributed by atoms with van der Waals surface area (Å²) >= 11 is 0. The normalized spacial score (nSPS) is 35.0. The molecular weight excluding hydrogens is 368 g/mol. The Morgan fingerprint density at radius 3 is 1.72 bits per heavy atom. The third-order valence-electron chi connectivity index (χ3n) is 7.80. The Labute approximate surface area is 169 Å². The minimum atomic E-state index is -0.779. The molecule has 4 aliphatic rings. The Bertz CT molecular complexity index is 966.